The smallest absolute Gasteiger partial charge is 0.0250 e. The average molecular weight is 350 g/mol. The molecule has 0 radical (unpaired) electrons. The molecule has 1 aromatic rings. The van der Waals surface area contributed by atoms with Crippen LogP contribution >= 0.6 is 15.9 Å². The molecule has 2 rings (SSSR count). The summed E-state index contributed by atoms with van der Waals surface area (Å²) in [7, 11) is 0. The van der Waals surface area contributed by atoms with Crippen LogP contribution in [0.5, 0.6) is 0 Å². The maximum atomic E-state index is 3.71. The minimum Gasteiger partial charge on any atom is -0.311 e. The molecule has 1 aliphatic rings. The Labute approximate surface area is 138 Å². The van der Waals surface area contributed by atoms with Gasteiger partial charge in [-0.05, 0) is 42.9 Å². The zero-order valence-electron chi connectivity index (χ0n) is 13.6. The normalized spacial score (nSPS) is 17.5. The molecule has 0 amide bonds. The number of nitrogens with one attached hydrogen (secondary N) is 1. The van der Waals surface area contributed by atoms with E-state index in [4.69, 9.17) is 0 Å². The summed E-state index contributed by atoms with van der Waals surface area (Å²) in [6.45, 7) is 7.60. The van der Waals surface area contributed by atoms with Gasteiger partial charge >= 0.3 is 0 Å². The van der Waals surface area contributed by atoms with Crippen LogP contribution in [0.25, 0.3) is 6.08 Å². The third kappa shape index (κ3) is 5.27. The lowest BCUT2D eigenvalue weighted by Gasteiger charge is -2.26. The number of halogens is 1. The molecule has 0 unspecified atom stereocenters. The van der Waals surface area contributed by atoms with E-state index in [0.29, 0.717) is 6.04 Å². The second kappa shape index (κ2) is 8.14. The number of rotatable bonds is 5. The molecule has 0 atom stereocenters. The predicted octanol–water partition coefficient (Wildman–Crippen LogP) is 5.72. The topological polar surface area (TPSA) is 12.0 Å². The summed E-state index contributed by atoms with van der Waals surface area (Å²) < 4.78 is 1.21. The van der Waals surface area contributed by atoms with Crippen molar-refractivity contribution in [1.29, 1.82) is 0 Å². The van der Waals surface area contributed by atoms with Crippen molar-refractivity contribution in [3.8, 4) is 0 Å². The van der Waals surface area contributed by atoms with Crippen molar-refractivity contribution < 1.29 is 0 Å². The van der Waals surface area contributed by atoms with Crippen molar-refractivity contribution in [2.24, 2.45) is 5.92 Å². The van der Waals surface area contributed by atoms with Crippen molar-refractivity contribution in [3.63, 3.8) is 0 Å². The second-order valence-electron chi connectivity index (χ2n) is 6.61. The van der Waals surface area contributed by atoms with Gasteiger partial charge in [0.15, 0.2) is 0 Å². The number of hydrogen-bond donors (Lipinski definition) is 1. The molecule has 1 saturated carbocycles. The van der Waals surface area contributed by atoms with Crippen LogP contribution < -0.4 is 5.32 Å². The van der Waals surface area contributed by atoms with Crippen LogP contribution in [0.3, 0.4) is 0 Å². The van der Waals surface area contributed by atoms with Gasteiger partial charge in [0.05, 0.1) is 0 Å². The van der Waals surface area contributed by atoms with E-state index in [0.717, 1.165) is 12.5 Å². The molecule has 116 valence electrons. The molecule has 1 aromatic carbocycles. The molecule has 1 N–H and O–H groups in total. The van der Waals surface area contributed by atoms with Crippen LogP contribution in [0.1, 0.15) is 57.1 Å². The fourth-order valence-corrected chi connectivity index (χ4v) is 3.67. The molecule has 0 aromatic heterocycles. The Morgan fingerprint density at radius 3 is 2.62 bits per heavy atom. The highest BCUT2D eigenvalue weighted by Gasteiger charge is 2.18. The van der Waals surface area contributed by atoms with Gasteiger partial charge in [0.2, 0.25) is 0 Å². The summed E-state index contributed by atoms with van der Waals surface area (Å²) in [6, 6.07) is 7.18. The fourth-order valence-electron chi connectivity index (χ4n) is 3.06. The summed E-state index contributed by atoms with van der Waals surface area (Å²) in [5.74, 6) is 0.762. The molecule has 0 aliphatic heterocycles. The first kappa shape index (κ1) is 16.8. The molecule has 21 heavy (non-hydrogen) atoms. The molecule has 0 saturated heterocycles. The van der Waals surface area contributed by atoms with E-state index < -0.39 is 0 Å². The zero-order valence-corrected chi connectivity index (χ0v) is 15.2. The molecule has 1 fully saturated rings. The molecular formula is C19H28BrN. The lowest BCUT2D eigenvalue weighted by atomic mass is 9.83. The zero-order chi connectivity index (χ0) is 15.2. The molecule has 0 bridgehead atoms. The largest absolute Gasteiger partial charge is 0.311 e. The Hall–Kier alpha value is -0.600. The molecule has 1 aliphatic carbocycles. The van der Waals surface area contributed by atoms with Crippen LogP contribution in [0.2, 0.25) is 0 Å². The highest BCUT2D eigenvalue weighted by Crippen LogP contribution is 2.32. The molecule has 0 heterocycles. The van der Waals surface area contributed by atoms with E-state index in [1.165, 1.54) is 47.7 Å². The maximum absolute atomic E-state index is 3.71. The van der Waals surface area contributed by atoms with Crippen LogP contribution in [0.4, 0.5) is 0 Å². The van der Waals surface area contributed by atoms with Crippen molar-refractivity contribution in [2.75, 3.05) is 6.54 Å². The minimum atomic E-state index is 0.540. The summed E-state index contributed by atoms with van der Waals surface area (Å²) in [6.07, 6.45) is 9.31. The SMILES string of the molecule is Cc1ccc(/C=C(/CNC(C)C)C2CCCCC2)c(Br)c1. The Kier molecular flexibility index (Phi) is 6.50. The van der Waals surface area contributed by atoms with E-state index in [2.05, 4.69) is 66.3 Å². The standard InChI is InChI=1S/C19H28BrN/c1-14(2)21-13-18(16-7-5-4-6-8-16)12-17-10-9-15(3)11-19(17)20/h9-12,14,16,21H,4-8,13H2,1-3H3/b18-12-. The quantitative estimate of drug-likeness (QED) is 0.716. The summed E-state index contributed by atoms with van der Waals surface area (Å²) in [5.41, 5.74) is 4.19. The molecular weight excluding hydrogens is 322 g/mol. The second-order valence-corrected chi connectivity index (χ2v) is 7.47. The Morgan fingerprint density at radius 1 is 1.29 bits per heavy atom. The van der Waals surface area contributed by atoms with Gasteiger partial charge in [-0.3, -0.25) is 0 Å². The first-order chi connectivity index (χ1) is 10.1. The number of aryl methyl sites for hydroxylation is 1. The maximum Gasteiger partial charge on any atom is 0.0250 e. The summed E-state index contributed by atoms with van der Waals surface area (Å²) >= 11 is 3.71. The first-order valence-electron chi connectivity index (χ1n) is 8.26. The van der Waals surface area contributed by atoms with E-state index in [-0.39, 0.29) is 0 Å². The lowest BCUT2D eigenvalue weighted by molar-refractivity contribution is 0.394. The van der Waals surface area contributed by atoms with Gasteiger partial charge in [-0.1, -0.05) is 72.8 Å². The third-order valence-corrected chi connectivity index (χ3v) is 5.03. The first-order valence-corrected chi connectivity index (χ1v) is 9.05. The Morgan fingerprint density at radius 2 is 2.00 bits per heavy atom. The van der Waals surface area contributed by atoms with Crippen molar-refractivity contribution >= 4 is 22.0 Å². The predicted molar refractivity (Wildman–Crippen MR) is 96.6 cm³/mol. The van der Waals surface area contributed by atoms with Crippen molar-refractivity contribution in [1.82, 2.24) is 5.32 Å². The molecule has 2 heteroatoms. The lowest BCUT2D eigenvalue weighted by Crippen LogP contribution is -2.27. The van der Waals surface area contributed by atoms with Gasteiger partial charge in [0.1, 0.15) is 0 Å². The van der Waals surface area contributed by atoms with Crippen molar-refractivity contribution in [2.45, 2.75) is 58.9 Å². The Bertz CT molecular complexity index is 484. The van der Waals surface area contributed by atoms with Crippen molar-refractivity contribution in [3.05, 3.63) is 39.4 Å². The van der Waals surface area contributed by atoms with Crippen LogP contribution in [-0.2, 0) is 0 Å². The highest BCUT2D eigenvalue weighted by molar-refractivity contribution is 9.10. The van der Waals surface area contributed by atoms with Crippen LogP contribution in [0.15, 0.2) is 28.2 Å². The van der Waals surface area contributed by atoms with E-state index in [1.54, 1.807) is 5.57 Å². The molecule has 0 spiro atoms. The summed E-state index contributed by atoms with van der Waals surface area (Å²) in [5, 5.41) is 3.61. The monoisotopic (exact) mass is 349 g/mol. The number of hydrogen-bond acceptors (Lipinski definition) is 1. The van der Waals surface area contributed by atoms with Crippen LogP contribution in [0, 0.1) is 12.8 Å². The minimum absolute atomic E-state index is 0.540. The summed E-state index contributed by atoms with van der Waals surface area (Å²) in [4.78, 5) is 0. The fraction of sp³-hybridized carbons (Fsp3) is 0.579. The van der Waals surface area contributed by atoms with Gasteiger partial charge < -0.3 is 5.32 Å². The highest BCUT2D eigenvalue weighted by atomic mass is 79.9. The van der Waals surface area contributed by atoms with Gasteiger partial charge in [-0.2, -0.15) is 0 Å². The van der Waals surface area contributed by atoms with E-state index in [9.17, 15) is 0 Å². The molecule has 1 nitrogen and oxygen atoms in total. The van der Waals surface area contributed by atoms with Gasteiger partial charge in [0.25, 0.3) is 0 Å². The van der Waals surface area contributed by atoms with Gasteiger partial charge in [0, 0.05) is 17.1 Å². The van der Waals surface area contributed by atoms with Gasteiger partial charge in [-0.25, -0.2) is 0 Å². The number of benzene rings is 1. The van der Waals surface area contributed by atoms with Gasteiger partial charge in [-0.15, -0.1) is 0 Å². The Balaban J connectivity index is 2.21. The average Bonchev–Trinajstić information content (AvgIpc) is 2.46. The van der Waals surface area contributed by atoms with E-state index in [1.807, 2.05) is 0 Å². The van der Waals surface area contributed by atoms with Crippen LogP contribution in [-0.4, -0.2) is 12.6 Å². The van der Waals surface area contributed by atoms with E-state index >= 15 is 0 Å². The third-order valence-electron chi connectivity index (χ3n) is 4.34.